The number of thiazole rings is 1. The average Bonchev–Trinajstić information content (AvgIpc) is 2.73. The number of carboxylic acids is 1. The van der Waals surface area contributed by atoms with E-state index in [2.05, 4.69) is 10.3 Å². The summed E-state index contributed by atoms with van der Waals surface area (Å²) in [6.07, 6.45) is 0. The van der Waals surface area contributed by atoms with Crippen LogP contribution in [0.3, 0.4) is 0 Å². The van der Waals surface area contributed by atoms with Crippen LogP contribution in [0.2, 0.25) is 0 Å². The van der Waals surface area contributed by atoms with Crippen LogP contribution in [0, 0.1) is 6.92 Å². The van der Waals surface area contributed by atoms with E-state index in [1.165, 1.54) is 11.3 Å². The van der Waals surface area contributed by atoms with Crippen molar-refractivity contribution in [3.63, 3.8) is 0 Å². The second kappa shape index (κ2) is 5.81. The molecule has 0 unspecified atom stereocenters. The number of ether oxygens (including phenoxy) is 1. The first-order valence-corrected chi connectivity index (χ1v) is 6.48. The third-order valence-electron chi connectivity index (χ3n) is 2.56. The third kappa shape index (κ3) is 3.10. The Bertz CT molecular complexity index is 595. The molecule has 1 aromatic carbocycles. The lowest BCUT2D eigenvalue weighted by Gasteiger charge is -2.08. The summed E-state index contributed by atoms with van der Waals surface area (Å²) in [6, 6.07) is 7.69. The molecule has 0 fully saturated rings. The number of methoxy groups -OCH3 is 1. The lowest BCUT2D eigenvalue weighted by atomic mass is 10.2. The zero-order valence-corrected chi connectivity index (χ0v) is 11.5. The lowest BCUT2D eigenvalue weighted by Crippen LogP contribution is -2.00. The second-order valence-corrected chi connectivity index (χ2v) is 5.15. The molecule has 0 bridgehead atoms. The predicted octanol–water partition coefficient (Wildman–Crippen LogP) is 3.04. The van der Waals surface area contributed by atoms with Gasteiger partial charge >= 0.3 is 5.97 Å². The summed E-state index contributed by atoms with van der Waals surface area (Å²) in [4.78, 5) is 15.7. The van der Waals surface area contributed by atoms with Crippen LogP contribution in [0.5, 0.6) is 0 Å². The number of hydrogen-bond donors (Lipinski definition) is 2. The van der Waals surface area contributed by atoms with E-state index in [4.69, 9.17) is 9.84 Å². The Morgan fingerprint density at radius 2 is 2.21 bits per heavy atom. The van der Waals surface area contributed by atoms with Gasteiger partial charge in [0.05, 0.1) is 6.61 Å². The first kappa shape index (κ1) is 13.5. The van der Waals surface area contributed by atoms with E-state index in [-0.39, 0.29) is 5.69 Å². The zero-order chi connectivity index (χ0) is 13.8. The molecule has 100 valence electrons. The molecule has 0 saturated heterocycles. The maximum atomic E-state index is 11.0. The first-order valence-electron chi connectivity index (χ1n) is 5.66. The van der Waals surface area contributed by atoms with Gasteiger partial charge in [-0.3, -0.25) is 0 Å². The van der Waals surface area contributed by atoms with Crippen molar-refractivity contribution >= 4 is 28.1 Å². The molecule has 6 heteroatoms. The largest absolute Gasteiger partial charge is 0.476 e. The van der Waals surface area contributed by atoms with Gasteiger partial charge in [-0.2, -0.15) is 0 Å². The van der Waals surface area contributed by atoms with Crippen molar-refractivity contribution in [2.24, 2.45) is 0 Å². The van der Waals surface area contributed by atoms with E-state index in [9.17, 15) is 4.79 Å². The lowest BCUT2D eigenvalue weighted by molar-refractivity contribution is 0.0690. The molecule has 0 atom stereocenters. The molecule has 0 spiro atoms. The van der Waals surface area contributed by atoms with Crippen LogP contribution < -0.4 is 5.32 Å². The van der Waals surface area contributed by atoms with Crippen molar-refractivity contribution in [2.45, 2.75) is 13.5 Å². The highest BCUT2D eigenvalue weighted by atomic mass is 32.1. The minimum atomic E-state index is -1.01. The number of aromatic carboxylic acids is 1. The van der Waals surface area contributed by atoms with Crippen molar-refractivity contribution in [1.82, 2.24) is 4.98 Å². The van der Waals surface area contributed by atoms with E-state index < -0.39 is 5.97 Å². The Hall–Kier alpha value is -1.92. The zero-order valence-electron chi connectivity index (χ0n) is 10.6. The van der Waals surface area contributed by atoms with Crippen molar-refractivity contribution < 1.29 is 14.6 Å². The van der Waals surface area contributed by atoms with Crippen LogP contribution >= 0.6 is 11.3 Å². The molecule has 0 saturated carbocycles. The van der Waals surface area contributed by atoms with Crippen LogP contribution in [-0.4, -0.2) is 23.2 Å². The van der Waals surface area contributed by atoms with Gasteiger partial charge in [-0.15, -0.1) is 11.3 Å². The van der Waals surface area contributed by atoms with E-state index >= 15 is 0 Å². The van der Waals surface area contributed by atoms with Gasteiger partial charge in [-0.25, -0.2) is 9.78 Å². The number of aryl methyl sites for hydroxylation is 1. The molecule has 0 aliphatic rings. The highest BCUT2D eigenvalue weighted by Crippen LogP contribution is 2.27. The minimum Gasteiger partial charge on any atom is -0.476 e. The fraction of sp³-hybridized carbons (Fsp3) is 0.231. The van der Waals surface area contributed by atoms with Crippen LogP contribution in [0.25, 0.3) is 0 Å². The molecule has 2 aromatic rings. The summed E-state index contributed by atoms with van der Waals surface area (Å²) < 4.78 is 5.12. The maximum absolute atomic E-state index is 11.0. The van der Waals surface area contributed by atoms with E-state index in [1.807, 2.05) is 24.3 Å². The molecule has 19 heavy (non-hydrogen) atoms. The summed E-state index contributed by atoms with van der Waals surface area (Å²) in [5.74, 6) is -1.01. The van der Waals surface area contributed by atoms with Gasteiger partial charge in [-0.05, 0) is 13.0 Å². The number of nitrogens with one attached hydrogen (secondary N) is 1. The predicted molar refractivity (Wildman–Crippen MR) is 74.2 cm³/mol. The topological polar surface area (TPSA) is 71.5 Å². The Morgan fingerprint density at radius 1 is 1.47 bits per heavy atom. The monoisotopic (exact) mass is 278 g/mol. The normalized spacial score (nSPS) is 10.4. The van der Waals surface area contributed by atoms with Gasteiger partial charge in [0.1, 0.15) is 0 Å². The fourth-order valence-corrected chi connectivity index (χ4v) is 2.50. The van der Waals surface area contributed by atoms with Crippen molar-refractivity contribution in [3.8, 4) is 0 Å². The average molecular weight is 278 g/mol. The summed E-state index contributed by atoms with van der Waals surface area (Å²) in [6.45, 7) is 2.23. The molecule has 5 nitrogen and oxygen atoms in total. The SMILES string of the molecule is COCc1ccccc1Nc1nc(C(=O)O)c(C)s1. The molecule has 0 aliphatic heterocycles. The number of nitrogens with zero attached hydrogens (tertiary/aromatic N) is 1. The highest BCUT2D eigenvalue weighted by molar-refractivity contribution is 7.15. The number of rotatable bonds is 5. The van der Waals surface area contributed by atoms with Crippen LogP contribution in [0.15, 0.2) is 24.3 Å². The number of para-hydroxylation sites is 1. The molecule has 2 rings (SSSR count). The van der Waals surface area contributed by atoms with E-state index in [0.717, 1.165) is 11.3 Å². The van der Waals surface area contributed by atoms with Gasteiger partial charge in [0.25, 0.3) is 0 Å². The van der Waals surface area contributed by atoms with Crippen molar-refractivity contribution in [2.75, 3.05) is 12.4 Å². The van der Waals surface area contributed by atoms with Gasteiger partial charge in [0.2, 0.25) is 0 Å². The van der Waals surface area contributed by atoms with Gasteiger partial charge < -0.3 is 15.2 Å². The Morgan fingerprint density at radius 3 is 2.84 bits per heavy atom. The molecular formula is C13H14N2O3S. The van der Waals surface area contributed by atoms with Gasteiger partial charge in [0.15, 0.2) is 10.8 Å². The molecule has 0 aliphatic carbocycles. The minimum absolute atomic E-state index is 0.0942. The summed E-state index contributed by atoms with van der Waals surface area (Å²) in [5.41, 5.74) is 1.96. The number of anilines is 2. The number of hydrogen-bond acceptors (Lipinski definition) is 5. The number of aromatic nitrogens is 1. The summed E-state index contributed by atoms with van der Waals surface area (Å²) in [7, 11) is 1.63. The Labute approximate surface area is 114 Å². The molecule has 2 N–H and O–H groups in total. The van der Waals surface area contributed by atoms with Crippen LogP contribution in [0.4, 0.5) is 10.8 Å². The van der Waals surface area contributed by atoms with Crippen molar-refractivity contribution in [3.05, 3.63) is 40.4 Å². The molecule has 1 aromatic heterocycles. The molecule has 1 heterocycles. The molecule has 0 radical (unpaired) electrons. The molecular weight excluding hydrogens is 264 g/mol. The number of carbonyl (C=O) groups is 1. The van der Waals surface area contributed by atoms with E-state index in [1.54, 1.807) is 14.0 Å². The van der Waals surface area contributed by atoms with Crippen LogP contribution in [0.1, 0.15) is 20.9 Å². The Balaban J connectivity index is 2.26. The van der Waals surface area contributed by atoms with Gasteiger partial charge in [0, 0.05) is 23.2 Å². The quantitative estimate of drug-likeness (QED) is 0.879. The van der Waals surface area contributed by atoms with Crippen LogP contribution in [-0.2, 0) is 11.3 Å². The Kier molecular flexibility index (Phi) is 4.13. The number of benzene rings is 1. The standard InChI is InChI=1S/C13H14N2O3S/c1-8-11(12(16)17)15-13(19-8)14-10-6-4-3-5-9(10)7-18-2/h3-6H,7H2,1-2H3,(H,14,15)(H,16,17). The maximum Gasteiger partial charge on any atom is 0.355 e. The second-order valence-electron chi connectivity index (χ2n) is 3.94. The smallest absolute Gasteiger partial charge is 0.355 e. The highest BCUT2D eigenvalue weighted by Gasteiger charge is 2.14. The first-order chi connectivity index (χ1) is 9.11. The fourth-order valence-electron chi connectivity index (χ4n) is 1.69. The van der Waals surface area contributed by atoms with Crippen molar-refractivity contribution in [1.29, 1.82) is 0 Å². The molecule has 0 amide bonds. The van der Waals surface area contributed by atoms with Gasteiger partial charge in [-0.1, -0.05) is 18.2 Å². The summed E-state index contributed by atoms with van der Waals surface area (Å²) >= 11 is 1.32. The number of carboxylic acid groups (broad SMARTS) is 1. The van der Waals surface area contributed by atoms with E-state index in [0.29, 0.717) is 16.6 Å². The summed E-state index contributed by atoms with van der Waals surface area (Å²) in [5, 5.41) is 12.7. The third-order valence-corrected chi connectivity index (χ3v) is 3.44.